The van der Waals surface area contributed by atoms with Crippen LogP contribution in [0.5, 0.6) is 0 Å². The molecule has 4 N–H and O–H groups in total. The van der Waals surface area contributed by atoms with Gasteiger partial charge in [0.2, 0.25) is 7.75 Å². The number of nitrogens with one attached hydrogen (secondary N) is 2. The van der Waals surface area contributed by atoms with Gasteiger partial charge in [-0.15, -0.1) is 0 Å². The summed E-state index contributed by atoms with van der Waals surface area (Å²) in [5, 5.41) is 3.08. The summed E-state index contributed by atoms with van der Waals surface area (Å²) in [7, 11) is -3.56. The smallest absolute Gasteiger partial charge is 0.351 e. The molecule has 0 spiro atoms. The van der Waals surface area contributed by atoms with Gasteiger partial charge in [-0.3, -0.25) is 13.9 Å². The van der Waals surface area contributed by atoms with Crippen LogP contribution in [0.1, 0.15) is 11.8 Å². The Morgan fingerprint density at radius 1 is 1.44 bits per heavy atom. The minimum atomic E-state index is -4.72. The number of H-pyrrole nitrogens is 1. The number of para-hydroxylation sites is 1. The molecule has 13 nitrogen and oxygen atoms in total. The minimum absolute atomic E-state index is 0.0263. The summed E-state index contributed by atoms with van der Waals surface area (Å²) < 4.78 is 34.3. The number of fused-ring (bicyclic) bond motifs is 1. The van der Waals surface area contributed by atoms with Crippen LogP contribution >= 0.6 is 7.75 Å². The molecule has 0 aliphatic carbocycles. The average molecular weight is 492 g/mol. The second-order valence-corrected chi connectivity index (χ2v) is 8.97. The number of ether oxygens (including phenoxy) is 3. The van der Waals surface area contributed by atoms with Gasteiger partial charge in [-0.2, -0.15) is 4.98 Å². The van der Waals surface area contributed by atoms with Crippen molar-refractivity contribution in [3.8, 4) is 0 Å². The molecule has 3 heterocycles. The van der Waals surface area contributed by atoms with Gasteiger partial charge in [-0.25, -0.2) is 9.88 Å². The van der Waals surface area contributed by atoms with Gasteiger partial charge in [0.1, 0.15) is 18.5 Å². The van der Waals surface area contributed by atoms with Gasteiger partial charge >= 0.3 is 11.7 Å². The predicted molar refractivity (Wildman–Crippen MR) is 117 cm³/mol. The molecule has 34 heavy (non-hydrogen) atoms. The summed E-state index contributed by atoms with van der Waals surface area (Å²) in [6.07, 6.45) is 1.25. The van der Waals surface area contributed by atoms with Crippen molar-refractivity contribution < 1.29 is 33.0 Å². The molecule has 1 aliphatic heterocycles. The van der Waals surface area contributed by atoms with E-state index in [1.807, 2.05) is 24.3 Å². The summed E-state index contributed by atoms with van der Waals surface area (Å²) in [6.45, 7) is -0.524. The number of anilines is 1. The number of nitrogens with zero attached hydrogens (tertiary/aromatic N) is 2. The second kappa shape index (κ2) is 10.1. The van der Waals surface area contributed by atoms with E-state index in [9.17, 15) is 19.0 Å². The third kappa shape index (κ3) is 5.53. The zero-order chi connectivity index (χ0) is 24.3. The van der Waals surface area contributed by atoms with Crippen LogP contribution < -0.4 is 21.4 Å². The third-order valence-corrected chi connectivity index (χ3v) is 6.29. The molecule has 0 amide bonds. The number of aromatic nitrogens is 3. The van der Waals surface area contributed by atoms with E-state index in [1.165, 1.54) is 16.8 Å². The molecule has 0 bridgehead atoms. The van der Waals surface area contributed by atoms with Gasteiger partial charge in [0.05, 0.1) is 13.7 Å². The quantitative estimate of drug-likeness (QED) is 0.271. The van der Waals surface area contributed by atoms with E-state index in [1.54, 1.807) is 6.20 Å². The SMILES string of the molecule is COC(=O)C(Cc1c[nH]c2ccccc12)NP(=O)([O-])OCC1OC[C@@H](n2ccc(N)nc2=O)O1. The molecular formula is C20H23N5O8P-. The van der Waals surface area contributed by atoms with Crippen molar-refractivity contribution in [2.24, 2.45) is 0 Å². The highest BCUT2D eigenvalue weighted by atomic mass is 31.2. The van der Waals surface area contributed by atoms with Crippen molar-refractivity contribution in [3.05, 3.63) is 58.8 Å². The van der Waals surface area contributed by atoms with Crippen molar-refractivity contribution in [2.45, 2.75) is 25.0 Å². The van der Waals surface area contributed by atoms with E-state index in [0.29, 0.717) is 0 Å². The first-order valence-corrected chi connectivity index (χ1v) is 11.8. The highest BCUT2D eigenvalue weighted by Crippen LogP contribution is 2.35. The first kappa shape index (κ1) is 24.1. The lowest BCUT2D eigenvalue weighted by Gasteiger charge is -2.29. The topological polar surface area (TPSA) is 183 Å². The van der Waals surface area contributed by atoms with Crippen molar-refractivity contribution in [2.75, 3.05) is 26.1 Å². The maximum Gasteiger partial charge on any atom is 0.351 e. The fourth-order valence-corrected chi connectivity index (χ4v) is 4.52. The summed E-state index contributed by atoms with van der Waals surface area (Å²) >= 11 is 0. The number of aromatic amines is 1. The predicted octanol–water partition coefficient (Wildman–Crippen LogP) is 0.0372. The van der Waals surface area contributed by atoms with Crippen LogP contribution in [0.4, 0.5) is 5.82 Å². The van der Waals surface area contributed by atoms with Crippen LogP contribution in [0.2, 0.25) is 0 Å². The standard InChI is InChI=1S/C20H24N5O8P/c1-30-19(26)15(8-12-9-22-14-5-3-2-4-13(12)14)24-34(28,29)32-11-18-31-10-17(33-18)25-7-6-16(21)23-20(25)27/h2-7,9,15,17-18,22H,8,10-11H2,1H3,(H2,21,23,27)(H2,24,28,29)/p-1/t15?,17-,18?/m0/s1. The first-order valence-electron chi connectivity index (χ1n) is 10.2. The number of hydrogen-bond donors (Lipinski definition) is 3. The Morgan fingerprint density at radius 3 is 3.00 bits per heavy atom. The number of rotatable bonds is 9. The molecule has 4 rings (SSSR count). The van der Waals surface area contributed by atoms with Crippen LogP contribution in [-0.2, 0) is 34.5 Å². The van der Waals surface area contributed by atoms with Crippen LogP contribution in [0.25, 0.3) is 10.9 Å². The van der Waals surface area contributed by atoms with Crippen molar-refractivity contribution in [3.63, 3.8) is 0 Å². The maximum absolute atomic E-state index is 12.5. The summed E-state index contributed by atoms with van der Waals surface area (Å²) in [5.41, 5.74) is 6.41. The van der Waals surface area contributed by atoms with E-state index in [2.05, 4.69) is 15.1 Å². The van der Waals surface area contributed by atoms with Crippen LogP contribution in [0, 0.1) is 0 Å². The van der Waals surface area contributed by atoms with E-state index < -0.39 is 44.6 Å². The number of carbonyl (C=O) groups is 1. The van der Waals surface area contributed by atoms with Gasteiger partial charge in [-0.05, 0) is 17.7 Å². The number of nitrogen functional groups attached to an aromatic ring is 1. The van der Waals surface area contributed by atoms with Gasteiger partial charge in [0.25, 0.3) is 0 Å². The molecule has 1 aromatic carbocycles. The normalized spacial score (nSPS) is 20.8. The van der Waals surface area contributed by atoms with Crippen molar-refractivity contribution >= 4 is 30.4 Å². The molecule has 3 aromatic rings. The molecule has 1 saturated heterocycles. The monoisotopic (exact) mass is 492 g/mol. The molecular weight excluding hydrogens is 469 g/mol. The average Bonchev–Trinajstić information content (AvgIpc) is 3.44. The Bertz CT molecular complexity index is 1280. The fraction of sp³-hybridized carbons (Fsp3) is 0.350. The van der Waals surface area contributed by atoms with Crippen LogP contribution in [-0.4, -0.2) is 53.2 Å². The zero-order valence-electron chi connectivity index (χ0n) is 18.1. The van der Waals surface area contributed by atoms with Crippen molar-refractivity contribution in [1.82, 2.24) is 19.6 Å². The Balaban J connectivity index is 1.37. The molecule has 0 saturated carbocycles. The Kier molecular flexibility index (Phi) is 7.12. The number of methoxy groups -OCH3 is 1. The lowest BCUT2D eigenvalue weighted by Crippen LogP contribution is -2.41. The fourth-order valence-electron chi connectivity index (χ4n) is 3.55. The Labute approximate surface area is 193 Å². The maximum atomic E-state index is 12.5. The van der Waals surface area contributed by atoms with Gasteiger partial charge < -0.3 is 34.3 Å². The molecule has 1 aliphatic rings. The van der Waals surface area contributed by atoms with Gasteiger partial charge in [-0.1, -0.05) is 18.2 Å². The van der Waals surface area contributed by atoms with E-state index >= 15 is 0 Å². The summed E-state index contributed by atoms with van der Waals surface area (Å²) in [4.78, 5) is 43.4. The molecule has 2 aromatic heterocycles. The third-order valence-electron chi connectivity index (χ3n) is 5.17. The second-order valence-electron chi connectivity index (χ2n) is 7.46. The number of nitrogens with two attached hydrogens (primary N) is 1. The summed E-state index contributed by atoms with van der Waals surface area (Å²) in [6, 6.07) is 7.62. The number of hydrogen-bond acceptors (Lipinski definition) is 10. The van der Waals surface area contributed by atoms with Gasteiger partial charge in [0.15, 0.2) is 12.5 Å². The van der Waals surface area contributed by atoms with E-state index in [-0.39, 0.29) is 18.8 Å². The largest absolute Gasteiger partial charge is 0.766 e. The highest BCUT2D eigenvalue weighted by Gasteiger charge is 2.31. The van der Waals surface area contributed by atoms with Crippen LogP contribution in [0.3, 0.4) is 0 Å². The highest BCUT2D eigenvalue weighted by molar-refractivity contribution is 7.49. The lowest BCUT2D eigenvalue weighted by atomic mass is 10.1. The first-order chi connectivity index (χ1) is 16.3. The molecule has 3 unspecified atom stereocenters. The summed E-state index contributed by atoms with van der Waals surface area (Å²) in [5.74, 6) is -0.708. The number of benzene rings is 1. The van der Waals surface area contributed by atoms with E-state index in [0.717, 1.165) is 23.6 Å². The molecule has 4 atom stereocenters. The lowest BCUT2D eigenvalue weighted by molar-refractivity contribution is -0.210. The minimum Gasteiger partial charge on any atom is -0.766 e. The van der Waals surface area contributed by atoms with E-state index in [4.69, 9.17) is 24.5 Å². The Morgan fingerprint density at radius 2 is 2.24 bits per heavy atom. The molecule has 1 fully saturated rings. The Hall–Kier alpha value is -3.06. The van der Waals surface area contributed by atoms with Crippen LogP contribution in [0.15, 0.2) is 47.5 Å². The zero-order valence-corrected chi connectivity index (χ0v) is 19.0. The van der Waals surface area contributed by atoms with Gasteiger partial charge in [0, 0.05) is 29.7 Å². The molecule has 14 heteroatoms. The number of esters is 1. The number of carbonyl (C=O) groups excluding carboxylic acids is 1. The molecule has 182 valence electrons. The molecule has 0 radical (unpaired) electrons. The van der Waals surface area contributed by atoms with Crippen molar-refractivity contribution in [1.29, 1.82) is 0 Å².